The molecule has 0 atom stereocenters. The molecular formula is C13H12ClN3O2. The number of hydrazine groups is 1. The van der Waals surface area contributed by atoms with Gasteiger partial charge in [0.15, 0.2) is 5.43 Å². The molecule has 0 aliphatic rings. The normalized spacial score (nSPS) is 10.3. The molecule has 19 heavy (non-hydrogen) atoms. The summed E-state index contributed by atoms with van der Waals surface area (Å²) in [5.41, 5.74) is 3.08. The van der Waals surface area contributed by atoms with Crippen molar-refractivity contribution in [3.05, 3.63) is 63.0 Å². The van der Waals surface area contributed by atoms with Crippen LogP contribution in [0.5, 0.6) is 0 Å². The van der Waals surface area contributed by atoms with Gasteiger partial charge >= 0.3 is 0 Å². The van der Waals surface area contributed by atoms with Gasteiger partial charge in [0, 0.05) is 28.7 Å². The molecular weight excluding hydrogens is 266 g/mol. The molecule has 0 aliphatic heterocycles. The molecule has 0 radical (unpaired) electrons. The van der Waals surface area contributed by atoms with E-state index in [-0.39, 0.29) is 11.0 Å². The Balaban J connectivity index is 2.60. The van der Waals surface area contributed by atoms with Crippen LogP contribution in [0, 0.1) is 6.92 Å². The molecule has 5 nitrogen and oxygen atoms in total. The zero-order chi connectivity index (χ0) is 14.0. The van der Waals surface area contributed by atoms with Crippen molar-refractivity contribution in [2.75, 3.05) is 0 Å². The van der Waals surface area contributed by atoms with Crippen molar-refractivity contribution >= 4 is 17.5 Å². The standard InChI is InChI=1S/C13H12ClN3O2/c1-8-6-12(18)11(13(19)16-15)7-17(8)10-4-2-9(14)3-5-10/h2-7H,15H2,1H3,(H,16,19). The minimum Gasteiger partial charge on any atom is -0.320 e. The van der Waals surface area contributed by atoms with E-state index in [1.807, 2.05) is 5.43 Å². The SMILES string of the molecule is Cc1cc(=O)c(C(=O)NN)cn1-c1ccc(Cl)cc1. The number of rotatable bonds is 2. The minimum atomic E-state index is -0.618. The third-order valence-corrected chi connectivity index (χ3v) is 2.98. The Morgan fingerprint density at radius 3 is 2.53 bits per heavy atom. The van der Waals surface area contributed by atoms with Gasteiger partial charge in [-0.15, -0.1) is 0 Å². The second kappa shape index (κ2) is 5.26. The fraction of sp³-hybridized carbons (Fsp3) is 0.0769. The van der Waals surface area contributed by atoms with E-state index < -0.39 is 5.91 Å². The van der Waals surface area contributed by atoms with Gasteiger partial charge < -0.3 is 4.57 Å². The van der Waals surface area contributed by atoms with Gasteiger partial charge in [-0.3, -0.25) is 15.0 Å². The van der Waals surface area contributed by atoms with Crippen LogP contribution in [-0.2, 0) is 0 Å². The number of carbonyl (C=O) groups is 1. The molecule has 2 aromatic rings. The number of pyridine rings is 1. The number of nitrogens with two attached hydrogens (primary N) is 1. The Kier molecular flexibility index (Phi) is 3.69. The first-order valence-corrected chi connectivity index (χ1v) is 5.91. The highest BCUT2D eigenvalue weighted by Gasteiger charge is 2.11. The average molecular weight is 278 g/mol. The lowest BCUT2D eigenvalue weighted by atomic mass is 10.2. The van der Waals surface area contributed by atoms with Crippen LogP contribution in [0.4, 0.5) is 0 Å². The Morgan fingerprint density at radius 2 is 1.95 bits per heavy atom. The summed E-state index contributed by atoms with van der Waals surface area (Å²) in [5, 5.41) is 0.613. The number of hydrogen-bond acceptors (Lipinski definition) is 3. The van der Waals surface area contributed by atoms with Gasteiger partial charge in [0.25, 0.3) is 5.91 Å². The number of halogens is 1. The quantitative estimate of drug-likeness (QED) is 0.495. The van der Waals surface area contributed by atoms with E-state index in [9.17, 15) is 9.59 Å². The van der Waals surface area contributed by atoms with Crippen LogP contribution < -0.4 is 16.7 Å². The monoisotopic (exact) mass is 277 g/mol. The van der Waals surface area contributed by atoms with Crippen LogP contribution in [-0.4, -0.2) is 10.5 Å². The highest BCUT2D eigenvalue weighted by Crippen LogP contribution is 2.15. The number of nitrogens with zero attached hydrogens (tertiary/aromatic N) is 1. The highest BCUT2D eigenvalue weighted by molar-refractivity contribution is 6.30. The number of nitrogen functional groups attached to an aromatic ring is 1. The van der Waals surface area contributed by atoms with Crippen LogP contribution in [0.1, 0.15) is 16.1 Å². The van der Waals surface area contributed by atoms with Crippen LogP contribution >= 0.6 is 11.6 Å². The lowest BCUT2D eigenvalue weighted by Crippen LogP contribution is -2.34. The van der Waals surface area contributed by atoms with E-state index >= 15 is 0 Å². The second-order valence-electron chi connectivity index (χ2n) is 4.01. The number of amides is 1. The van der Waals surface area contributed by atoms with Crippen molar-refractivity contribution in [2.45, 2.75) is 6.92 Å². The third-order valence-electron chi connectivity index (χ3n) is 2.72. The maximum absolute atomic E-state index is 11.7. The molecule has 1 heterocycles. The number of carbonyl (C=O) groups excluding carboxylic acids is 1. The first kappa shape index (κ1) is 13.3. The summed E-state index contributed by atoms with van der Waals surface area (Å²) in [7, 11) is 0. The van der Waals surface area contributed by atoms with Crippen molar-refractivity contribution in [2.24, 2.45) is 5.84 Å². The fourth-order valence-corrected chi connectivity index (χ4v) is 1.89. The number of nitrogens with one attached hydrogen (secondary N) is 1. The van der Waals surface area contributed by atoms with Crippen LogP contribution in [0.3, 0.4) is 0 Å². The number of aryl methyl sites for hydroxylation is 1. The molecule has 0 aliphatic carbocycles. The lowest BCUT2D eigenvalue weighted by Gasteiger charge is -2.12. The smallest absolute Gasteiger partial charge is 0.270 e. The molecule has 0 spiro atoms. The first-order valence-electron chi connectivity index (χ1n) is 5.53. The first-order chi connectivity index (χ1) is 9.02. The van der Waals surface area contributed by atoms with Gasteiger partial charge in [-0.05, 0) is 31.2 Å². The number of benzene rings is 1. The van der Waals surface area contributed by atoms with Crippen molar-refractivity contribution in [1.29, 1.82) is 0 Å². The van der Waals surface area contributed by atoms with Crippen molar-refractivity contribution in [3.63, 3.8) is 0 Å². The van der Waals surface area contributed by atoms with Crippen LogP contribution in [0.2, 0.25) is 5.02 Å². The molecule has 0 saturated heterocycles. The van der Waals surface area contributed by atoms with Gasteiger partial charge in [-0.2, -0.15) is 0 Å². The predicted octanol–water partition coefficient (Wildman–Crippen LogP) is 1.40. The van der Waals surface area contributed by atoms with E-state index in [2.05, 4.69) is 0 Å². The topological polar surface area (TPSA) is 77.1 Å². The zero-order valence-corrected chi connectivity index (χ0v) is 10.9. The second-order valence-corrected chi connectivity index (χ2v) is 4.45. The van der Waals surface area contributed by atoms with Crippen LogP contribution in [0.15, 0.2) is 41.3 Å². The molecule has 0 bridgehead atoms. The van der Waals surface area contributed by atoms with E-state index in [1.165, 1.54) is 12.3 Å². The zero-order valence-electron chi connectivity index (χ0n) is 10.2. The minimum absolute atomic E-state index is 0.0111. The average Bonchev–Trinajstić information content (AvgIpc) is 2.39. The predicted molar refractivity (Wildman–Crippen MR) is 73.4 cm³/mol. The molecule has 2 rings (SSSR count). The number of hydrogen-bond donors (Lipinski definition) is 2. The maximum atomic E-state index is 11.7. The largest absolute Gasteiger partial charge is 0.320 e. The lowest BCUT2D eigenvalue weighted by molar-refractivity contribution is 0.0952. The maximum Gasteiger partial charge on any atom is 0.270 e. The molecule has 0 saturated carbocycles. The third kappa shape index (κ3) is 2.67. The van der Waals surface area contributed by atoms with Gasteiger partial charge in [0.1, 0.15) is 5.56 Å². The van der Waals surface area contributed by atoms with E-state index in [0.29, 0.717) is 10.7 Å². The molecule has 1 aromatic carbocycles. The molecule has 98 valence electrons. The summed E-state index contributed by atoms with van der Waals surface area (Å²) < 4.78 is 1.72. The molecule has 1 amide bonds. The molecule has 0 unspecified atom stereocenters. The Bertz CT molecular complexity index is 677. The van der Waals surface area contributed by atoms with E-state index in [0.717, 1.165) is 5.69 Å². The number of aromatic nitrogens is 1. The van der Waals surface area contributed by atoms with Gasteiger partial charge in [0.2, 0.25) is 0 Å². The van der Waals surface area contributed by atoms with Crippen molar-refractivity contribution in [1.82, 2.24) is 9.99 Å². The van der Waals surface area contributed by atoms with Gasteiger partial charge in [0.05, 0.1) is 0 Å². The van der Waals surface area contributed by atoms with Gasteiger partial charge in [-0.1, -0.05) is 11.6 Å². The van der Waals surface area contributed by atoms with Crippen molar-refractivity contribution in [3.8, 4) is 5.69 Å². The highest BCUT2D eigenvalue weighted by atomic mass is 35.5. The summed E-state index contributed by atoms with van der Waals surface area (Å²) in [6.07, 6.45) is 1.46. The van der Waals surface area contributed by atoms with E-state index in [4.69, 9.17) is 17.4 Å². The summed E-state index contributed by atoms with van der Waals surface area (Å²) in [5.74, 6) is 4.44. The van der Waals surface area contributed by atoms with Crippen LogP contribution in [0.25, 0.3) is 5.69 Å². The summed E-state index contributed by atoms with van der Waals surface area (Å²) in [6.45, 7) is 1.78. The Labute approximate surface area is 114 Å². The molecule has 0 fully saturated rings. The fourth-order valence-electron chi connectivity index (χ4n) is 1.76. The summed E-state index contributed by atoms with van der Waals surface area (Å²) >= 11 is 5.83. The van der Waals surface area contributed by atoms with Gasteiger partial charge in [-0.25, -0.2) is 5.84 Å². The Morgan fingerprint density at radius 1 is 1.32 bits per heavy atom. The molecule has 6 heteroatoms. The molecule has 1 aromatic heterocycles. The summed E-state index contributed by atoms with van der Waals surface area (Å²) in [6, 6.07) is 8.45. The Hall–Kier alpha value is -2.11. The summed E-state index contributed by atoms with van der Waals surface area (Å²) in [4.78, 5) is 23.2. The molecule has 3 N–H and O–H groups in total. The van der Waals surface area contributed by atoms with E-state index in [1.54, 1.807) is 35.8 Å². The van der Waals surface area contributed by atoms with Crippen molar-refractivity contribution < 1.29 is 4.79 Å².